The van der Waals surface area contributed by atoms with E-state index in [1.807, 2.05) is 12.1 Å². The van der Waals surface area contributed by atoms with E-state index in [2.05, 4.69) is 0 Å². The molecule has 5 nitrogen and oxygen atoms in total. The zero-order chi connectivity index (χ0) is 16.1. The van der Waals surface area contributed by atoms with Crippen molar-refractivity contribution in [3.63, 3.8) is 0 Å². The Bertz CT molecular complexity index is 649. The summed E-state index contributed by atoms with van der Waals surface area (Å²) in [6.45, 7) is 0. The van der Waals surface area contributed by atoms with Crippen LogP contribution >= 0.6 is 11.8 Å². The number of aromatic carboxylic acids is 1. The highest BCUT2D eigenvalue weighted by atomic mass is 32.2. The molecule has 23 heavy (non-hydrogen) atoms. The summed E-state index contributed by atoms with van der Waals surface area (Å²) in [6.07, 6.45) is 4.09. The first-order valence-electron chi connectivity index (χ1n) is 8.18. The third kappa shape index (κ3) is 2.75. The Balaban J connectivity index is 1.52. The molecule has 2 fully saturated rings. The summed E-state index contributed by atoms with van der Waals surface area (Å²) in [4.78, 5) is 12.5. The number of carboxylic acids is 1. The molecule has 3 aliphatic rings. The standard InChI is InChI=1S/C16H20BNO4S/c18-9-5-8(6-9)3-4-23-13-2-1-10-11-7-12(11)17(21)22-15(10)14(13)16(19)20/h1-2,8-9,11-12,21H,3-7,18H2,(H,19,20). The number of carbonyl (C=O) groups is 1. The fraction of sp³-hybridized carbons (Fsp3) is 0.562. The molecule has 0 amide bonds. The molecule has 1 heterocycles. The van der Waals surface area contributed by atoms with Gasteiger partial charge in [0.05, 0.1) is 0 Å². The van der Waals surface area contributed by atoms with E-state index in [4.69, 9.17) is 10.4 Å². The van der Waals surface area contributed by atoms with Crippen LogP contribution in [0.15, 0.2) is 17.0 Å². The van der Waals surface area contributed by atoms with Crippen LogP contribution in [0.4, 0.5) is 0 Å². The molecular formula is C16H20BNO4S. The van der Waals surface area contributed by atoms with Gasteiger partial charge in [-0.3, -0.25) is 0 Å². The van der Waals surface area contributed by atoms with Gasteiger partial charge in [0.25, 0.3) is 0 Å². The van der Waals surface area contributed by atoms with Crippen molar-refractivity contribution < 1.29 is 19.6 Å². The van der Waals surface area contributed by atoms with E-state index in [1.54, 1.807) is 11.8 Å². The molecule has 0 saturated heterocycles. The van der Waals surface area contributed by atoms with Crippen LogP contribution in [0.1, 0.15) is 47.5 Å². The SMILES string of the molecule is NC1CC(CCSc2ccc3c(c2C(=O)O)OB(O)C2CC32)C1. The van der Waals surface area contributed by atoms with Gasteiger partial charge in [-0.15, -0.1) is 11.8 Å². The minimum atomic E-state index is -0.985. The zero-order valence-corrected chi connectivity index (χ0v) is 13.6. The first-order chi connectivity index (χ1) is 11.0. The van der Waals surface area contributed by atoms with Crippen LogP contribution in [-0.2, 0) is 0 Å². The fourth-order valence-corrected chi connectivity index (χ4v) is 4.94. The molecule has 0 bridgehead atoms. The zero-order valence-electron chi connectivity index (χ0n) is 12.8. The van der Waals surface area contributed by atoms with Crippen molar-refractivity contribution in [1.29, 1.82) is 0 Å². The summed E-state index contributed by atoms with van der Waals surface area (Å²) >= 11 is 1.56. The summed E-state index contributed by atoms with van der Waals surface area (Å²) < 4.78 is 5.54. The van der Waals surface area contributed by atoms with Gasteiger partial charge in [0, 0.05) is 16.8 Å². The molecule has 0 aromatic heterocycles. The van der Waals surface area contributed by atoms with Gasteiger partial charge in [0.2, 0.25) is 0 Å². The van der Waals surface area contributed by atoms with Crippen molar-refractivity contribution >= 4 is 24.8 Å². The molecule has 2 atom stereocenters. The highest BCUT2D eigenvalue weighted by molar-refractivity contribution is 7.99. The first-order valence-corrected chi connectivity index (χ1v) is 9.16. The van der Waals surface area contributed by atoms with Crippen molar-refractivity contribution in [3.05, 3.63) is 23.3 Å². The van der Waals surface area contributed by atoms with Crippen LogP contribution in [0.3, 0.4) is 0 Å². The molecule has 0 spiro atoms. The molecule has 2 saturated carbocycles. The van der Waals surface area contributed by atoms with Crippen molar-refractivity contribution in [2.45, 2.75) is 48.4 Å². The lowest BCUT2D eigenvalue weighted by Crippen LogP contribution is -2.36. The summed E-state index contributed by atoms with van der Waals surface area (Å²) in [6, 6.07) is 4.22. The number of carboxylic acid groups (broad SMARTS) is 1. The molecule has 4 N–H and O–H groups in total. The molecule has 1 aromatic carbocycles. The number of hydrogen-bond donors (Lipinski definition) is 3. The molecular weight excluding hydrogens is 313 g/mol. The fourth-order valence-electron chi connectivity index (χ4n) is 3.78. The maximum atomic E-state index is 11.7. The van der Waals surface area contributed by atoms with Gasteiger partial charge in [-0.05, 0) is 54.9 Å². The molecule has 1 aliphatic heterocycles. The van der Waals surface area contributed by atoms with E-state index in [1.165, 1.54) is 0 Å². The number of benzene rings is 1. The Morgan fingerprint density at radius 3 is 2.87 bits per heavy atom. The third-order valence-electron chi connectivity index (χ3n) is 5.26. The van der Waals surface area contributed by atoms with E-state index in [9.17, 15) is 14.9 Å². The Hall–Kier alpha value is -1.18. The minimum absolute atomic E-state index is 0.130. The van der Waals surface area contributed by atoms with Gasteiger partial charge in [-0.2, -0.15) is 0 Å². The van der Waals surface area contributed by atoms with Crippen molar-refractivity contribution in [2.75, 3.05) is 5.75 Å². The molecule has 2 unspecified atom stereocenters. The van der Waals surface area contributed by atoms with Gasteiger partial charge in [-0.25, -0.2) is 4.79 Å². The highest BCUT2D eigenvalue weighted by Gasteiger charge is 2.54. The Kier molecular flexibility index (Phi) is 3.82. The van der Waals surface area contributed by atoms with E-state index < -0.39 is 13.1 Å². The number of fused-ring (bicyclic) bond motifs is 3. The smallest absolute Gasteiger partial charge is 0.526 e. The largest absolute Gasteiger partial charge is 0.535 e. The lowest BCUT2D eigenvalue weighted by Gasteiger charge is -2.32. The van der Waals surface area contributed by atoms with E-state index in [0.717, 1.165) is 41.9 Å². The monoisotopic (exact) mass is 333 g/mol. The number of thioether (sulfide) groups is 1. The minimum Gasteiger partial charge on any atom is -0.535 e. The van der Waals surface area contributed by atoms with Crippen LogP contribution in [0, 0.1) is 5.92 Å². The maximum absolute atomic E-state index is 11.7. The Labute approximate surface area is 139 Å². The van der Waals surface area contributed by atoms with E-state index >= 15 is 0 Å². The van der Waals surface area contributed by atoms with Crippen molar-refractivity contribution in [2.24, 2.45) is 11.7 Å². The van der Waals surface area contributed by atoms with Crippen LogP contribution in [0.25, 0.3) is 0 Å². The molecule has 122 valence electrons. The van der Waals surface area contributed by atoms with Gasteiger partial charge < -0.3 is 20.5 Å². The second-order valence-corrected chi connectivity index (χ2v) is 8.05. The number of hydrogen-bond acceptors (Lipinski definition) is 5. The quantitative estimate of drug-likeness (QED) is 0.566. The molecule has 2 aliphatic carbocycles. The first kappa shape index (κ1) is 15.4. The highest BCUT2D eigenvalue weighted by Crippen LogP contribution is 2.60. The lowest BCUT2D eigenvalue weighted by molar-refractivity contribution is 0.0690. The predicted octanol–water partition coefficient (Wildman–Crippen LogP) is 2.33. The maximum Gasteiger partial charge on any atom is 0.526 e. The van der Waals surface area contributed by atoms with Crippen LogP contribution in [-0.4, -0.2) is 35.0 Å². The predicted molar refractivity (Wildman–Crippen MR) is 89.2 cm³/mol. The summed E-state index contributed by atoms with van der Waals surface area (Å²) in [7, 11) is -0.873. The van der Waals surface area contributed by atoms with E-state index in [-0.39, 0.29) is 17.3 Å². The summed E-state index contributed by atoms with van der Waals surface area (Å²) in [5, 5.41) is 19.6. The van der Waals surface area contributed by atoms with Crippen LogP contribution in [0.5, 0.6) is 5.75 Å². The van der Waals surface area contributed by atoms with Gasteiger partial charge in [0.15, 0.2) is 0 Å². The van der Waals surface area contributed by atoms with E-state index in [0.29, 0.717) is 17.7 Å². The number of nitrogens with two attached hydrogens (primary N) is 1. The van der Waals surface area contributed by atoms with Crippen LogP contribution < -0.4 is 10.4 Å². The summed E-state index contributed by atoms with van der Waals surface area (Å²) in [5.41, 5.74) is 6.94. The molecule has 4 rings (SSSR count). The second kappa shape index (κ2) is 5.72. The van der Waals surface area contributed by atoms with Crippen molar-refractivity contribution in [1.82, 2.24) is 0 Å². The van der Waals surface area contributed by atoms with Gasteiger partial charge in [0.1, 0.15) is 11.3 Å². The molecule has 0 radical (unpaired) electrons. The summed E-state index contributed by atoms with van der Waals surface area (Å²) in [5.74, 6) is 1.33. The molecule has 1 aromatic rings. The lowest BCUT2D eigenvalue weighted by atomic mass is 9.77. The van der Waals surface area contributed by atoms with Crippen molar-refractivity contribution in [3.8, 4) is 5.75 Å². The average molecular weight is 333 g/mol. The number of rotatable bonds is 5. The van der Waals surface area contributed by atoms with Gasteiger partial charge in [-0.1, -0.05) is 6.07 Å². The normalized spacial score (nSPS) is 30.8. The van der Waals surface area contributed by atoms with Crippen LogP contribution in [0.2, 0.25) is 5.82 Å². The Morgan fingerprint density at radius 1 is 1.39 bits per heavy atom. The molecule has 7 heteroatoms. The Morgan fingerprint density at radius 2 is 2.17 bits per heavy atom. The average Bonchev–Trinajstić information content (AvgIpc) is 3.25. The van der Waals surface area contributed by atoms with Gasteiger partial charge >= 0.3 is 13.1 Å². The second-order valence-electron chi connectivity index (χ2n) is 6.91. The third-order valence-corrected chi connectivity index (χ3v) is 6.35. The topological polar surface area (TPSA) is 92.8 Å².